The number of hydrogen-bond donors (Lipinski definition) is 2. The van der Waals surface area contributed by atoms with Crippen molar-refractivity contribution < 1.29 is 18.7 Å². The fraction of sp³-hybridized carbons (Fsp3) is 0.273. The van der Waals surface area contributed by atoms with E-state index in [1.54, 1.807) is 24.3 Å². The van der Waals surface area contributed by atoms with E-state index in [1.165, 1.54) is 20.0 Å². The van der Waals surface area contributed by atoms with E-state index in [1.807, 2.05) is 18.2 Å². The summed E-state index contributed by atoms with van der Waals surface area (Å²) in [5.41, 5.74) is 7.73. The molecule has 1 aromatic heterocycles. The number of rotatable bonds is 6. The van der Waals surface area contributed by atoms with E-state index in [9.17, 15) is 9.59 Å². The van der Waals surface area contributed by atoms with Crippen LogP contribution in [-0.4, -0.2) is 36.9 Å². The minimum Gasteiger partial charge on any atom is -0.497 e. The van der Waals surface area contributed by atoms with E-state index in [4.69, 9.17) is 14.9 Å². The van der Waals surface area contributed by atoms with Gasteiger partial charge < -0.3 is 20.2 Å². The summed E-state index contributed by atoms with van der Waals surface area (Å²) in [4.78, 5) is 27.1. The zero-order chi connectivity index (χ0) is 20.4. The van der Waals surface area contributed by atoms with Gasteiger partial charge in [-0.1, -0.05) is 12.1 Å². The van der Waals surface area contributed by atoms with Gasteiger partial charge in [0.1, 0.15) is 17.0 Å². The van der Waals surface area contributed by atoms with Crippen LogP contribution < -0.4 is 15.8 Å². The lowest BCUT2D eigenvalue weighted by Crippen LogP contribution is -2.19. The number of methoxy groups -OCH3 is 1. The molecule has 1 saturated heterocycles. The number of anilines is 1. The first-order valence-electron chi connectivity index (χ1n) is 9.58. The number of carbonyl (C=O) groups is 2. The van der Waals surface area contributed by atoms with Crippen LogP contribution in [0, 0.1) is 0 Å². The number of carbonyl (C=O) groups excluding carboxylic acids is 2. The molecule has 0 unspecified atom stereocenters. The van der Waals surface area contributed by atoms with Gasteiger partial charge in [-0.2, -0.15) is 0 Å². The summed E-state index contributed by atoms with van der Waals surface area (Å²) in [5.74, 6) is -0.586. The van der Waals surface area contributed by atoms with Crippen LogP contribution in [-0.2, 0) is 6.54 Å². The topological polar surface area (TPSA) is 97.8 Å². The fourth-order valence-electron chi connectivity index (χ4n) is 3.70. The summed E-state index contributed by atoms with van der Waals surface area (Å²) >= 11 is 0. The summed E-state index contributed by atoms with van der Waals surface area (Å²) in [7, 11) is 1.54. The van der Waals surface area contributed by atoms with Crippen LogP contribution in [0.1, 0.15) is 39.3 Å². The zero-order valence-electron chi connectivity index (χ0n) is 16.2. The fourth-order valence-corrected chi connectivity index (χ4v) is 3.70. The SMILES string of the molecule is COc1ccc2c(NC(=O)c3cccc(CN4CCCC4)c3)c(C(N)=O)oc2c1. The monoisotopic (exact) mass is 393 g/mol. The third-order valence-electron chi connectivity index (χ3n) is 5.15. The maximum absolute atomic E-state index is 12.9. The van der Waals surface area contributed by atoms with Gasteiger partial charge in [0.05, 0.1) is 7.11 Å². The van der Waals surface area contributed by atoms with Crippen LogP contribution in [0.5, 0.6) is 5.75 Å². The molecule has 3 aromatic rings. The molecule has 7 nitrogen and oxygen atoms in total. The van der Waals surface area contributed by atoms with Gasteiger partial charge in [0.2, 0.25) is 5.76 Å². The molecule has 0 bridgehead atoms. The van der Waals surface area contributed by atoms with Crippen molar-refractivity contribution in [2.24, 2.45) is 5.73 Å². The Morgan fingerprint density at radius 3 is 2.69 bits per heavy atom. The van der Waals surface area contributed by atoms with Gasteiger partial charge >= 0.3 is 0 Å². The number of nitrogens with one attached hydrogen (secondary N) is 1. The van der Waals surface area contributed by atoms with Crippen molar-refractivity contribution in [1.82, 2.24) is 4.90 Å². The van der Waals surface area contributed by atoms with Crippen molar-refractivity contribution in [2.45, 2.75) is 19.4 Å². The van der Waals surface area contributed by atoms with E-state index in [-0.39, 0.29) is 17.4 Å². The lowest BCUT2D eigenvalue weighted by Gasteiger charge is -2.15. The molecule has 1 fully saturated rings. The molecule has 150 valence electrons. The first-order valence-corrected chi connectivity index (χ1v) is 9.58. The first-order chi connectivity index (χ1) is 14.0. The smallest absolute Gasteiger partial charge is 0.286 e. The second kappa shape index (κ2) is 7.97. The van der Waals surface area contributed by atoms with Crippen LogP contribution in [0.3, 0.4) is 0 Å². The molecular formula is C22H23N3O4. The van der Waals surface area contributed by atoms with Crippen LogP contribution in [0.25, 0.3) is 11.0 Å². The molecule has 2 amide bonds. The maximum atomic E-state index is 12.9. The molecule has 0 atom stereocenters. The molecule has 1 aliphatic heterocycles. The van der Waals surface area contributed by atoms with Crippen molar-refractivity contribution in [3.05, 3.63) is 59.4 Å². The molecule has 0 aliphatic carbocycles. The highest BCUT2D eigenvalue weighted by molar-refractivity contribution is 6.14. The van der Waals surface area contributed by atoms with E-state index in [0.29, 0.717) is 22.3 Å². The number of primary amides is 1. The minimum absolute atomic E-state index is 0.0881. The molecule has 0 spiro atoms. The molecule has 2 heterocycles. The lowest BCUT2D eigenvalue weighted by molar-refractivity contribution is 0.0977. The molecule has 4 rings (SSSR count). The number of amides is 2. The first kappa shape index (κ1) is 19.0. The van der Waals surface area contributed by atoms with Crippen molar-refractivity contribution in [2.75, 3.05) is 25.5 Å². The van der Waals surface area contributed by atoms with E-state index < -0.39 is 5.91 Å². The summed E-state index contributed by atoms with van der Waals surface area (Å²) in [5, 5.41) is 3.39. The van der Waals surface area contributed by atoms with E-state index in [2.05, 4.69) is 10.2 Å². The highest BCUT2D eigenvalue weighted by atomic mass is 16.5. The Labute approximate surface area is 168 Å². The third-order valence-corrected chi connectivity index (χ3v) is 5.15. The van der Waals surface area contributed by atoms with Gasteiger partial charge in [0, 0.05) is 23.6 Å². The average molecular weight is 393 g/mol. The average Bonchev–Trinajstić information content (AvgIpc) is 3.35. The molecule has 29 heavy (non-hydrogen) atoms. The van der Waals surface area contributed by atoms with Crippen LogP contribution in [0.4, 0.5) is 5.69 Å². The quantitative estimate of drug-likeness (QED) is 0.669. The minimum atomic E-state index is -0.752. The Kier molecular flexibility index (Phi) is 5.22. The van der Waals surface area contributed by atoms with E-state index >= 15 is 0 Å². The normalized spacial score (nSPS) is 14.2. The van der Waals surface area contributed by atoms with Crippen molar-refractivity contribution in [3.8, 4) is 5.75 Å². The number of likely N-dealkylation sites (tertiary alicyclic amines) is 1. The standard InChI is InChI=1S/C22H23N3O4/c1-28-16-7-8-17-18(12-16)29-20(21(23)26)19(17)24-22(27)15-6-4-5-14(11-15)13-25-9-2-3-10-25/h4-8,11-12H,2-3,9-10,13H2,1H3,(H2,23,26)(H,24,27). The number of nitrogens with two attached hydrogens (primary N) is 1. The van der Waals surface area contributed by atoms with Crippen molar-refractivity contribution in [1.29, 1.82) is 0 Å². The number of fused-ring (bicyclic) bond motifs is 1. The molecule has 3 N–H and O–H groups in total. The Morgan fingerprint density at radius 1 is 1.17 bits per heavy atom. The van der Waals surface area contributed by atoms with Crippen molar-refractivity contribution >= 4 is 28.5 Å². The highest BCUT2D eigenvalue weighted by Crippen LogP contribution is 2.33. The van der Waals surface area contributed by atoms with Gasteiger partial charge in [-0.15, -0.1) is 0 Å². The van der Waals surface area contributed by atoms with Crippen LogP contribution >= 0.6 is 0 Å². The largest absolute Gasteiger partial charge is 0.497 e. The predicted molar refractivity (Wildman–Crippen MR) is 110 cm³/mol. The summed E-state index contributed by atoms with van der Waals surface area (Å²) < 4.78 is 10.8. The maximum Gasteiger partial charge on any atom is 0.286 e. The molecule has 1 aliphatic rings. The Balaban J connectivity index is 1.61. The highest BCUT2D eigenvalue weighted by Gasteiger charge is 2.22. The van der Waals surface area contributed by atoms with Crippen molar-refractivity contribution in [3.63, 3.8) is 0 Å². The zero-order valence-corrected chi connectivity index (χ0v) is 16.2. The van der Waals surface area contributed by atoms with Gasteiger partial charge in [0.15, 0.2) is 0 Å². The summed E-state index contributed by atoms with van der Waals surface area (Å²) in [6.07, 6.45) is 2.43. The molecule has 0 saturated carbocycles. The molecule has 0 radical (unpaired) electrons. The number of benzene rings is 2. The number of hydrogen-bond acceptors (Lipinski definition) is 5. The second-order valence-corrected chi connectivity index (χ2v) is 7.17. The van der Waals surface area contributed by atoms with Gasteiger partial charge in [-0.05, 0) is 55.8 Å². The third kappa shape index (κ3) is 3.95. The number of ether oxygens (including phenoxy) is 1. The summed E-state index contributed by atoms with van der Waals surface area (Å²) in [6, 6.07) is 12.6. The molecular weight excluding hydrogens is 370 g/mol. The number of furan rings is 1. The Hall–Kier alpha value is -3.32. The van der Waals surface area contributed by atoms with Crippen LogP contribution in [0.15, 0.2) is 46.9 Å². The van der Waals surface area contributed by atoms with E-state index in [0.717, 1.165) is 25.2 Å². The Morgan fingerprint density at radius 2 is 1.97 bits per heavy atom. The van der Waals surface area contributed by atoms with Crippen LogP contribution in [0.2, 0.25) is 0 Å². The van der Waals surface area contributed by atoms with Gasteiger partial charge in [-0.25, -0.2) is 0 Å². The summed E-state index contributed by atoms with van der Waals surface area (Å²) in [6.45, 7) is 2.99. The van der Waals surface area contributed by atoms with Gasteiger partial charge in [-0.3, -0.25) is 14.5 Å². The second-order valence-electron chi connectivity index (χ2n) is 7.17. The molecule has 7 heteroatoms. The number of nitrogens with zero attached hydrogens (tertiary/aromatic N) is 1. The Bertz CT molecular complexity index is 1070. The molecule has 2 aromatic carbocycles. The lowest BCUT2D eigenvalue weighted by atomic mass is 10.1. The predicted octanol–water partition coefficient (Wildman–Crippen LogP) is 3.39. The van der Waals surface area contributed by atoms with Gasteiger partial charge in [0.25, 0.3) is 11.8 Å².